The van der Waals surface area contributed by atoms with E-state index in [1.54, 1.807) is 0 Å². The number of rotatable bonds is 3. The number of anilines is 1. The first-order valence-electron chi connectivity index (χ1n) is 7.01. The number of morpholine rings is 1. The average Bonchev–Trinajstić information content (AvgIpc) is 2.56. The predicted molar refractivity (Wildman–Crippen MR) is 79.3 cm³/mol. The molecule has 4 nitrogen and oxygen atoms in total. The van der Waals surface area contributed by atoms with E-state index in [-0.39, 0.29) is 6.23 Å². The Labute approximate surface area is 119 Å². The van der Waals surface area contributed by atoms with Crippen molar-refractivity contribution in [3.63, 3.8) is 0 Å². The lowest BCUT2D eigenvalue weighted by molar-refractivity contribution is -0.0840. The summed E-state index contributed by atoms with van der Waals surface area (Å²) in [7, 11) is 0. The zero-order valence-electron chi connectivity index (χ0n) is 11.6. The van der Waals surface area contributed by atoms with Gasteiger partial charge in [-0.2, -0.15) is 0 Å². The number of para-hydroxylation sites is 1. The lowest BCUT2D eigenvalue weighted by atomic mass is 10.2. The van der Waals surface area contributed by atoms with Gasteiger partial charge in [-0.3, -0.25) is 4.90 Å². The Balaban J connectivity index is 1.79. The summed E-state index contributed by atoms with van der Waals surface area (Å²) in [5, 5.41) is 1.94. The molecule has 1 aromatic rings. The number of hydroxylamine groups is 1. The van der Waals surface area contributed by atoms with Crippen LogP contribution in [-0.2, 0) is 9.57 Å². The predicted octanol–water partition coefficient (Wildman–Crippen LogP) is 2.21. The third kappa shape index (κ3) is 2.93. The second-order valence-corrected chi connectivity index (χ2v) is 4.96. The monoisotopic (exact) mass is 272 g/mol. The maximum Gasteiger partial charge on any atom is 0.158 e. The van der Waals surface area contributed by atoms with Crippen molar-refractivity contribution in [3.05, 3.63) is 54.6 Å². The molecule has 1 unspecified atom stereocenters. The normalized spacial score (nSPS) is 24.3. The Bertz CT molecular complexity index is 481. The zero-order chi connectivity index (χ0) is 13.8. The molecule has 1 saturated heterocycles. The molecule has 0 radical (unpaired) electrons. The standard InChI is InChI=1S/C16H20N2O2/c1-2-14-12-16(17-8-10-19-11-9-17)20-18(13-14)15-6-4-3-5-7-15/h2-7,12,16H,1,8-11,13H2. The molecule has 0 aliphatic carbocycles. The van der Waals surface area contributed by atoms with E-state index < -0.39 is 0 Å². The van der Waals surface area contributed by atoms with Crippen molar-refractivity contribution in [3.8, 4) is 0 Å². The molecule has 2 aliphatic heterocycles. The fourth-order valence-corrected chi connectivity index (χ4v) is 2.48. The van der Waals surface area contributed by atoms with E-state index >= 15 is 0 Å². The Morgan fingerprint density at radius 3 is 2.60 bits per heavy atom. The second kappa shape index (κ2) is 6.22. The number of benzene rings is 1. The summed E-state index contributed by atoms with van der Waals surface area (Å²) in [6.07, 6.45) is 4.02. The number of ether oxygens (including phenoxy) is 1. The summed E-state index contributed by atoms with van der Waals surface area (Å²) in [6, 6.07) is 10.2. The summed E-state index contributed by atoms with van der Waals surface area (Å²) in [5.41, 5.74) is 2.26. The molecule has 0 bridgehead atoms. The van der Waals surface area contributed by atoms with Gasteiger partial charge in [0.2, 0.25) is 0 Å². The first-order valence-corrected chi connectivity index (χ1v) is 7.01. The van der Waals surface area contributed by atoms with Gasteiger partial charge in [0.05, 0.1) is 25.4 Å². The van der Waals surface area contributed by atoms with Crippen LogP contribution in [0.3, 0.4) is 0 Å². The van der Waals surface area contributed by atoms with Crippen molar-refractivity contribution in [1.29, 1.82) is 0 Å². The summed E-state index contributed by atoms with van der Waals surface area (Å²) in [4.78, 5) is 8.42. The van der Waals surface area contributed by atoms with Crippen molar-refractivity contribution in [2.75, 3.05) is 37.9 Å². The highest BCUT2D eigenvalue weighted by molar-refractivity contribution is 5.46. The molecular formula is C16H20N2O2. The van der Waals surface area contributed by atoms with Crippen LogP contribution in [0.5, 0.6) is 0 Å². The Hall–Kier alpha value is -1.62. The molecule has 2 heterocycles. The van der Waals surface area contributed by atoms with E-state index in [0.717, 1.165) is 38.5 Å². The van der Waals surface area contributed by atoms with Crippen molar-refractivity contribution in [2.45, 2.75) is 6.23 Å². The van der Waals surface area contributed by atoms with E-state index in [0.29, 0.717) is 0 Å². The molecule has 0 aromatic heterocycles. The van der Waals surface area contributed by atoms with Gasteiger partial charge in [0, 0.05) is 13.1 Å². The van der Waals surface area contributed by atoms with Gasteiger partial charge in [0.15, 0.2) is 6.23 Å². The molecule has 20 heavy (non-hydrogen) atoms. The fraction of sp³-hybridized carbons (Fsp3) is 0.375. The maximum absolute atomic E-state index is 6.12. The SMILES string of the molecule is C=CC1=CC(N2CCOCC2)ON(c2ccccc2)C1. The molecular weight excluding hydrogens is 252 g/mol. The van der Waals surface area contributed by atoms with E-state index in [2.05, 4.69) is 29.7 Å². The minimum absolute atomic E-state index is 0.0409. The summed E-state index contributed by atoms with van der Waals surface area (Å²) in [6.45, 7) is 7.96. The summed E-state index contributed by atoms with van der Waals surface area (Å²) >= 11 is 0. The molecule has 3 rings (SSSR count). The molecule has 0 amide bonds. The Morgan fingerprint density at radius 1 is 1.15 bits per heavy atom. The molecule has 0 saturated carbocycles. The van der Waals surface area contributed by atoms with E-state index in [4.69, 9.17) is 9.57 Å². The molecule has 2 aliphatic rings. The number of hydrogen-bond donors (Lipinski definition) is 0. The largest absolute Gasteiger partial charge is 0.379 e. The minimum Gasteiger partial charge on any atom is -0.379 e. The highest BCUT2D eigenvalue weighted by atomic mass is 16.7. The van der Waals surface area contributed by atoms with Crippen LogP contribution in [0.2, 0.25) is 0 Å². The highest BCUT2D eigenvalue weighted by Crippen LogP contribution is 2.23. The van der Waals surface area contributed by atoms with Crippen molar-refractivity contribution < 1.29 is 9.57 Å². The van der Waals surface area contributed by atoms with Gasteiger partial charge < -0.3 is 4.74 Å². The Morgan fingerprint density at radius 2 is 1.90 bits per heavy atom. The van der Waals surface area contributed by atoms with Crippen LogP contribution >= 0.6 is 0 Å². The molecule has 1 atom stereocenters. The minimum atomic E-state index is -0.0409. The van der Waals surface area contributed by atoms with Gasteiger partial charge in [0.25, 0.3) is 0 Å². The van der Waals surface area contributed by atoms with E-state index in [9.17, 15) is 0 Å². The number of hydrogen-bond acceptors (Lipinski definition) is 4. The van der Waals surface area contributed by atoms with Crippen LogP contribution in [-0.4, -0.2) is 44.0 Å². The number of nitrogens with zero attached hydrogens (tertiary/aromatic N) is 2. The van der Waals surface area contributed by atoms with Crippen LogP contribution in [0.25, 0.3) is 0 Å². The van der Waals surface area contributed by atoms with Gasteiger partial charge in [-0.25, -0.2) is 9.90 Å². The molecule has 106 valence electrons. The molecule has 4 heteroatoms. The smallest absolute Gasteiger partial charge is 0.158 e. The first kappa shape index (κ1) is 13.4. The van der Waals surface area contributed by atoms with Gasteiger partial charge >= 0.3 is 0 Å². The van der Waals surface area contributed by atoms with Crippen molar-refractivity contribution in [2.24, 2.45) is 0 Å². The van der Waals surface area contributed by atoms with Crippen LogP contribution < -0.4 is 5.06 Å². The van der Waals surface area contributed by atoms with Crippen molar-refractivity contribution in [1.82, 2.24) is 4.90 Å². The second-order valence-electron chi connectivity index (χ2n) is 4.96. The average molecular weight is 272 g/mol. The van der Waals surface area contributed by atoms with Crippen LogP contribution in [0.15, 0.2) is 54.6 Å². The Kier molecular flexibility index (Phi) is 4.16. The molecule has 1 aromatic carbocycles. The van der Waals surface area contributed by atoms with E-state index in [1.165, 1.54) is 5.57 Å². The maximum atomic E-state index is 6.12. The van der Waals surface area contributed by atoms with Crippen LogP contribution in [0.4, 0.5) is 5.69 Å². The van der Waals surface area contributed by atoms with Gasteiger partial charge in [0.1, 0.15) is 0 Å². The lowest BCUT2D eigenvalue weighted by Gasteiger charge is -2.39. The summed E-state index contributed by atoms with van der Waals surface area (Å²) in [5.74, 6) is 0. The summed E-state index contributed by atoms with van der Waals surface area (Å²) < 4.78 is 5.40. The zero-order valence-corrected chi connectivity index (χ0v) is 11.6. The lowest BCUT2D eigenvalue weighted by Crippen LogP contribution is -2.49. The molecule has 0 spiro atoms. The highest BCUT2D eigenvalue weighted by Gasteiger charge is 2.26. The quantitative estimate of drug-likeness (QED) is 0.842. The van der Waals surface area contributed by atoms with Crippen molar-refractivity contribution >= 4 is 5.69 Å². The van der Waals surface area contributed by atoms with Gasteiger partial charge in [-0.1, -0.05) is 30.9 Å². The molecule has 1 fully saturated rings. The van der Waals surface area contributed by atoms with Crippen LogP contribution in [0.1, 0.15) is 0 Å². The van der Waals surface area contributed by atoms with Crippen LogP contribution in [0, 0.1) is 0 Å². The third-order valence-corrected chi connectivity index (χ3v) is 3.63. The molecule has 0 N–H and O–H groups in total. The van der Waals surface area contributed by atoms with Gasteiger partial charge in [-0.05, 0) is 23.8 Å². The van der Waals surface area contributed by atoms with E-state index in [1.807, 2.05) is 29.3 Å². The third-order valence-electron chi connectivity index (χ3n) is 3.63. The topological polar surface area (TPSA) is 24.9 Å². The first-order chi connectivity index (χ1) is 9.86. The fourth-order valence-electron chi connectivity index (χ4n) is 2.48. The van der Waals surface area contributed by atoms with Gasteiger partial charge in [-0.15, -0.1) is 0 Å².